The summed E-state index contributed by atoms with van der Waals surface area (Å²) in [7, 11) is 0. The maximum Gasteiger partial charge on any atom is 0.191 e. The number of rotatable bonds is 8. The molecule has 0 aliphatic heterocycles. The second kappa shape index (κ2) is 10.1. The monoisotopic (exact) mass is 291 g/mol. The maximum absolute atomic E-state index is 5.68. The van der Waals surface area contributed by atoms with Gasteiger partial charge in [0.2, 0.25) is 0 Å². The van der Waals surface area contributed by atoms with Crippen molar-refractivity contribution < 1.29 is 4.74 Å². The summed E-state index contributed by atoms with van der Waals surface area (Å²) in [5.41, 5.74) is 1.28. The van der Waals surface area contributed by atoms with Gasteiger partial charge in [0.15, 0.2) is 5.96 Å². The van der Waals surface area contributed by atoms with Gasteiger partial charge in [0.1, 0.15) is 5.75 Å². The Morgan fingerprint density at radius 1 is 1.10 bits per heavy atom. The summed E-state index contributed by atoms with van der Waals surface area (Å²) in [6, 6.07) is 8.31. The minimum Gasteiger partial charge on any atom is -0.493 e. The Kier molecular flexibility index (Phi) is 8.32. The molecule has 0 saturated heterocycles. The van der Waals surface area contributed by atoms with Crippen LogP contribution in [0.5, 0.6) is 5.75 Å². The topological polar surface area (TPSA) is 45.7 Å². The molecule has 2 N–H and O–H groups in total. The van der Waals surface area contributed by atoms with Crippen LogP contribution in [0.1, 0.15) is 33.3 Å². The van der Waals surface area contributed by atoms with Gasteiger partial charge < -0.3 is 15.4 Å². The average Bonchev–Trinajstić information content (AvgIpc) is 2.47. The van der Waals surface area contributed by atoms with E-state index in [1.807, 2.05) is 12.1 Å². The highest BCUT2D eigenvalue weighted by molar-refractivity contribution is 5.79. The first kappa shape index (κ1) is 17.3. The number of guanidine groups is 1. The van der Waals surface area contributed by atoms with E-state index in [4.69, 9.17) is 4.74 Å². The number of aliphatic imine (C=N–C) groups is 1. The molecule has 21 heavy (non-hydrogen) atoms. The molecule has 1 aromatic carbocycles. The molecule has 118 valence electrons. The lowest BCUT2D eigenvalue weighted by Gasteiger charge is -2.10. The predicted octanol–water partition coefficient (Wildman–Crippen LogP) is 2.84. The quantitative estimate of drug-likeness (QED) is 0.572. The molecule has 0 aliphatic rings. The molecule has 0 unspecified atom stereocenters. The van der Waals surface area contributed by atoms with Crippen molar-refractivity contribution in [1.82, 2.24) is 10.6 Å². The molecule has 1 aromatic rings. The Labute approximate surface area is 129 Å². The molecule has 4 heteroatoms. The highest BCUT2D eigenvalue weighted by atomic mass is 16.5. The SMILES string of the molecule is CCNC(=NCCc1ccc(OCC(C)C)cc1)NCC. The zero-order valence-corrected chi connectivity index (χ0v) is 13.8. The van der Waals surface area contributed by atoms with Crippen molar-refractivity contribution in [3.05, 3.63) is 29.8 Å². The molecule has 0 atom stereocenters. The molecule has 4 nitrogen and oxygen atoms in total. The Hall–Kier alpha value is -1.71. The zero-order chi connectivity index (χ0) is 15.5. The maximum atomic E-state index is 5.68. The van der Waals surface area contributed by atoms with E-state index in [9.17, 15) is 0 Å². The molecule has 0 aliphatic carbocycles. The fourth-order valence-corrected chi connectivity index (χ4v) is 1.82. The van der Waals surface area contributed by atoms with Crippen LogP contribution in [-0.4, -0.2) is 32.2 Å². The van der Waals surface area contributed by atoms with Gasteiger partial charge in [-0.3, -0.25) is 4.99 Å². The Morgan fingerprint density at radius 3 is 2.24 bits per heavy atom. The summed E-state index contributed by atoms with van der Waals surface area (Å²) in [6.07, 6.45) is 0.935. The van der Waals surface area contributed by atoms with Crippen LogP contribution >= 0.6 is 0 Å². The van der Waals surface area contributed by atoms with Gasteiger partial charge in [0, 0.05) is 19.6 Å². The van der Waals surface area contributed by atoms with E-state index in [0.29, 0.717) is 5.92 Å². The molecule has 0 spiro atoms. The minimum absolute atomic E-state index is 0.551. The fourth-order valence-electron chi connectivity index (χ4n) is 1.82. The van der Waals surface area contributed by atoms with Crippen LogP contribution < -0.4 is 15.4 Å². The van der Waals surface area contributed by atoms with E-state index in [1.165, 1.54) is 5.56 Å². The first-order chi connectivity index (χ1) is 10.2. The van der Waals surface area contributed by atoms with Crippen molar-refractivity contribution in [2.45, 2.75) is 34.1 Å². The first-order valence-electron chi connectivity index (χ1n) is 7.89. The lowest BCUT2D eigenvalue weighted by Crippen LogP contribution is -2.37. The third kappa shape index (κ3) is 7.59. The third-order valence-corrected chi connectivity index (χ3v) is 2.87. The summed E-state index contributed by atoms with van der Waals surface area (Å²) in [5.74, 6) is 2.38. The van der Waals surface area contributed by atoms with Crippen molar-refractivity contribution in [3.63, 3.8) is 0 Å². The summed E-state index contributed by atoms with van der Waals surface area (Å²) in [4.78, 5) is 4.54. The van der Waals surface area contributed by atoms with Crippen LogP contribution in [0.4, 0.5) is 0 Å². The van der Waals surface area contributed by atoms with Gasteiger partial charge in [-0.1, -0.05) is 26.0 Å². The van der Waals surface area contributed by atoms with E-state index in [2.05, 4.69) is 55.5 Å². The molecule has 0 bridgehead atoms. The van der Waals surface area contributed by atoms with Crippen molar-refractivity contribution >= 4 is 5.96 Å². The lowest BCUT2D eigenvalue weighted by molar-refractivity contribution is 0.271. The number of nitrogens with zero attached hydrogens (tertiary/aromatic N) is 1. The van der Waals surface area contributed by atoms with E-state index < -0.39 is 0 Å². The van der Waals surface area contributed by atoms with Crippen LogP contribution in [0.2, 0.25) is 0 Å². The number of benzene rings is 1. The lowest BCUT2D eigenvalue weighted by atomic mass is 10.1. The molecule has 0 saturated carbocycles. The number of hydrogen-bond donors (Lipinski definition) is 2. The number of hydrogen-bond acceptors (Lipinski definition) is 2. The van der Waals surface area contributed by atoms with E-state index in [0.717, 1.165) is 44.4 Å². The van der Waals surface area contributed by atoms with Crippen LogP contribution in [-0.2, 0) is 6.42 Å². The summed E-state index contributed by atoms with van der Waals surface area (Å²) < 4.78 is 5.68. The van der Waals surface area contributed by atoms with Gasteiger partial charge in [0.25, 0.3) is 0 Å². The van der Waals surface area contributed by atoms with Crippen molar-refractivity contribution in [1.29, 1.82) is 0 Å². The summed E-state index contributed by atoms with van der Waals surface area (Å²) >= 11 is 0. The van der Waals surface area contributed by atoms with Gasteiger partial charge in [0.05, 0.1) is 6.61 Å². The smallest absolute Gasteiger partial charge is 0.191 e. The largest absolute Gasteiger partial charge is 0.493 e. The molecular formula is C17H29N3O. The summed E-state index contributed by atoms with van der Waals surface area (Å²) in [5, 5.41) is 6.45. The van der Waals surface area contributed by atoms with Crippen molar-refractivity contribution in [2.24, 2.45) is 10.9 Å². The molecule has 0 radical (unpaired) electrons. The second-order valence-electron chi connectivity index (χ2n) is 5.39. The van der Waals surface area contributed by atoms with Crippen molar-refractivity contribution in [3.8, 4) is 5.75 Å². The van der Waals surface area contributed by atoms with E-state index in [-0.39, 0.29) is 0 Å². The van der Waals surface area contributed by atoms with Crippen LogP contribution in [0.25, 0.3) is 0 Å². The highest BCUT2D eigenvalue weighted by Crippen LogP contribution is 2.13. The molecule has 0 heterocycles. The fraction of sp³-hybridized carbons (Fsp3) is 0.588. The van der Waals surface area contributed by atoms with Gasteiger partial charge in [-0.05, 0) is 43.9 Å². The van der Waals surface area contributed by atoms with Gasteiger partial charge in [-0.25, -0.2) is 0 Å². The Morgan fingerprint density at radius 2 is 1.71 bits per heavy atom. The summed E-state index contributed by atoms with van der Waals surface area (Å²) in [6.45, 7) is 11.8. The Bertz CT molecular complexity index is 405. The average molecular weight is 291 g/mol. The zero-order valence-electron chi connectivity index (χ0n) is 13.8. The standard InChI is InChI=1S/C17H29N3O/c1-5-18-17(19-6-2)20-12-11-15-7-9-16(10-8-15)21-13-14(3)4/h7-10,14H,5-6,11-13H2,1-4H3,(H2,18,19,20). The van der Waals surface area contributed by atoms with Crippen LogP contribution in [0.15, 0.2) is 29.3 Å². The Balaban J connectivity index is 2.42. The van der Waals surface area contributed by atoms with Gasteiger partial charge in [-0.2, -0.15) is 0 Å². The van der Waals surface area contributed by atoms with Gasteiger partial charge in [-0.15, -0.1) is 0 Å². The minimum atomic E-state index is 0.551. The van der Waals surface area contributed by atoms with E-state index in [1.54, 1.807) is 0 Å². The normalized spacial score (nSPS) is 10.3. The second-order valence-corrected chi connectivity index (χ2v) is 5.39. The molecule has 0 fully saturated rings. The van der Waals surface area contributed by atoms with Gasteiger partial charge >= 0.3 is 0 Å². The molecule has 0 amide bonds. The van der Waals surface area contributed by atoms with Crippen LogP contribution in [0, 0.1) is 5.92 Å². The molecule has 1 rings (SSSR count). The first-order valence-corrected chi connectivity index (χ1v) is 7.89. The molecular weight excluding hydrogens is 262 g/mol. The predicted molar refractivity (Wildman–Crippen MR) is 90.1 cm³/mol. The highest BCUT2D eigenvalue weighted by Gasteiger charge is 1.99. The van der Waals surface area contributed by atoms with E-state index >= 15 is 0 Å². The number of nitrogens with one attached hydrogen (secondary N) is 2. The van der Waals surface area contributed by atoms with Crippen molar-refractivity contribution in [2.75, 3.05) is 26.2 Å². The third-order valence-electron chi connectivity index (χ3n) is 2.87. The molecule has 0 aromatic heterocycles. The van der Waals surface area contributed by atoms with Crippen LogP contribution in [0.3, 0.4) is 0 Å². The number of ether oxygens (including phenoxy) is 1.